The fraction of sp³-hybridized carbons (Fsp3) is 0.639. The van der Waals surface area contributed by atoms with Gasteiger partial charge in [0.2, 0.25) is 23.6 Å². The first-order valence-corrected chi connectivity index (χ1v) is 57.2. The maximum absolute atomic E-state index is 13.5. The van der Waals surface area contributed by atoms with E-state index in [2.05, 4.69) is 50.5 Å². The van der Waals surface area contributed by atoms with E-state index in [4.69, 9.17) is 114 Å². The van der Waals surface area contributed by atoms with Crippen LogP contribution in [0.25, 0.3) is 33.3 Å². The highest BCUT2D eigenvalue weighted by atomic mass is 35.5. The number of aliphatic hydroxyl groups excluding tert-OH is 1. The van der Waals surface area contributed by atoms with Gasteiger partial charge in [-0.3, -0.25) is 14.3 Å². The number of nitrogens with zero attached hydrogens (tertiary/aromatic N) is 3. The van der Waals surface area contributed by atoms with Crippen LogP contribution in [0.5, 0.6) is 11.5 Å². The van der Waals surface area contributed by atoms with Gasteiger partial charge in [-0.2, -0.15) is 8.42 Å². The average molecular weight is 2180 g/mol. The third kappa shape index (κ3) is 29.8. The second-order valence-electron chi connectivity index (χ2n) is 42.5. The highest BCUT2D eigenvalue weighted by Gasteiger charge is 2.51. The van der Waals surface area contributed by atoms with Crippen LogP contribution in [0, 0.1) is 46.8 Å². The topological polar surface area (TPSA) is 451 Å². The molecule has 8 aromatic rings. The van der Waals surface area contributed by atoms with E-state index < -0.39 is 97.2 Å². The molecule has 5 aromatic carbocycles. The summed E-state index contributed by atoms with van der Waals surface area (Å²) in [6.07, 6.45) is 5.98. The summed E-state index contributed by atoms with van der Waals surface area (Å²) in [6.45, 7) is 47.1. The molecule has 7 fully saturated rings. The van der Waals surface area contributed by atoms with Gasteiger partial charge in [0, 0.05) is 110 Å². The number of halogens is 5. The monoisotopic (exact) mass is 2170 g/mol. The maximum Gasteiger partial charge on any atom is 0.412 e. The predicted molar refractivity (Wildman–Crippen MR) is 544 cm³/mol. The molecule has 7 aliphatic rings. The number of amides is 2. The Balaban J connectivity index is 0.000000187. The number of hydrogen-bond acceptors (Lipinski definition) is 31. The number of anilines is 2. The maximum atomic E-state index is 13.5. The van der Waals surface area contributed by atoms with Crippen molar-refractivity contribution in [1.82, 2.24) is 15.0 Å². The summed E-state index contributed by atoms with van der Waals surface area (Å²) in [4.78, 5) is 38.0. The zero-order chi connectivity index (χ0) is 104. The van der Waals surface area contributed by atoms with E-state index in [1.54, 1.807) is 119 Å². The summed E-state index contributed by atoms with van der Waals surface area (Å²) in [5.74, 6) is 2.01. The SMILES string of the molecule is CC(C)(C)C(=O)Nc1ccc(Cl)c(S(=O)(=O)C(C)(C)[C@@H]2CCOC2)c1O.CC(C)(C)OC(=O)Nc1ccc(Cl)c(S(=O)(=O)C(C)(C)[C@@H]2CCOC2)c1O.CC(C)(C)c1nc2ccc(Cl)c(S(=O)(=O)C(C)(C)[C@@H]3CCOC3)c2o1.CC(C)(C)c1nc2ccc(Cl)c(S(=O)(=O)C[C@@H]3CCOC3)c2o1.CC(C)(C)c1nc2ccc(Cl)c(SC[C@@H]3CCOC3)c2o1.CS(=O)(=O)OC[C@@H]1CCOC1.OC[C@@H]1CCOC1. The Morgan fingerprint density at radius 3 is 1.10 bits per heavy atom. The number of nitrogens with one attached hydrogen (secondary N) is 2. The van der Waals surface area contributed by atoms with E-state index in [1.807, 2.05) is 53.7 Å². The highest BCUT2D eigenvalue weighted by molar-refractivity contribution is 7.99. The standard InChI is InChI=1S/C18H26ClNO6S.C18H26ClNO5S.C18H24ClNO4S.C16H20ClNO4S.C16H20ClNO2S.C6H12O4S.C5H10O2/c1-17(2,3)26-16(22)20-13-7-6-12(19)15(14(13)21)27(23,24)18(4,5)11-8-9-25-10-11;1-17(2,3)16(22)20-13-7-6-12(19)15(14(13)21)26(23,24)18(4,5)11-8-9-25-10-11;1-17(2,3)16-20-13-7-6-12(19)15(14(13)24-16)25(21,22)18(4,5)11-8-9-23-10-11;1-16(2,3)15-18-12-5-4-11(17)14(13(12)22-15)23(19,20)9-10-6-7-21-8-10;1-16(2,3)15-18-12-5-4-11(17)14(13(12)20-15)21-9-10-6-7-19-8-10;1-11(7,8)10-5-6-2-3-9-4-6;6-3-5-1-2-7-4-5/h6-7,11,21H,8-10H2,1-5H3,(H,20,22);6-7,11,21H,8-10H2,1-5H3,(H,20,22);6-7,11H,8-10H2,1-5H3;4-5,10H,6-9H2,1-3H3;4-5,10H,6-9H2,1-3H3;6H,2-5H2,1H3;5-6H,1-4H2/t3*11-;2*10-;6-;5-/m1111110/s1. The number of aromatic nitrogens is 3. The highest BCUT2D eigenvalue weighted by Crippen LogP contribution is 2.50. The Morgan fingerprint density at radius 1 is 0.414 bits per heavy atom. The molecule has 32 nitrogen and oxygen atoms in total. The molecule has 10 heterocycles. The zero-order valence-corrected chi connectivity index (χ0v) is 92.5. The van der Waals surface area contributed by atoms with Gasteiger partial charge in [0.1, 0.15) is 41.7 Å². The molecule has 7 aliphatic heterocycles. The molecule has 784 valence electrons. The van der Waals surface area contributed by atoms with Gasteiger partial charge in [-0.05, 0) is 180 Å². The molecule has 43 heteroatoms. The number of hydrogen-bond donors (Lipinski definition) is 5. The normalized spacial score (nSPS) is 20.3. The van der Waals surface area contributed by atoms with Crippen molar-refractivity contribution in [1.29, 1.82) is 0 Å². The lowest BCUT2D eigenvalue weighted by atomic mass is 9.94. The number of phenols is 2. The number of carbonyl (C=O) groups excluding carboxylic acids is 2. The molecule has 0 unspecified atom stereocenters. The minimum atomic E-state index is -4.03. The van der Waals surface area contributed by atoms with Gasteiger partial charge in [-0.1, -0.05) is 141 Å². The molecule has 0 radical (unpaired) electrons. The second-order valence-corrected chi connectivity index (χ2v) is 56.6. The minimum absolute atomic E-state index is 0.00340. The molecule has 140 heavy (non-hydrogen) atoms. The van der Waals surface area contributed by atoms with Crippen molar-refractivity contribution in [3.63, 3.8) is 0 Å². The number of carbonyl (C=O) groups is 2. The van der Waals surface area contributed by atoms with E-state index >= 15 is 0 Å². The van der Waals surface area contributed by atoms with Crippen molar-refractivity contribution >= 4 is 176 Å². The molecular formula is C97H138Cl5N5O27S6. The smallest absolute Gasteiger partial charge is 0.412 e. The summed E-state index contributed by atoms with van der Waals surface area (Å²) < 4.78 is 188. The van der Waals surface area contributed by atoms with Crippen LogP contribution in [0.4, 0.5) is 16.2 Å². The van der Waals surface area contributed by atoms with Crippen molar-refractivity contribution in [3.05, 3.63) is 103 Å². The lowest BCUT2D eigenvalue weighted by Crippen LogP contribution is -2.40. The number of phenolic OH excluding ortho intramolecular Hbond substituents is 2. The van der Waals surface area contributed by atoms with Crippen molar-refractivity contribution in [2.75, 3.05) is 134 Å². The first-order valence-electron chi connectivity index (χ1n) is 46.4. The van der Waals surface area contributed by atoms with E-state index in [1.165, 1.54) is 24.3 Å². The Labute approximate surface area is 853 Å². The number of oxazole rings is 3. The van der Waals surface area contributed by atoms with Crippen molar-refractivity contribution in [3.8, 4) is 11.5 Å². The first kappa shape index (κ1) is 118. The third-order valence-electron chi connectivity index (χ3n) is 24.8. The summed E-state index contributed by atoms with van der Waals surface area (Å²) in [5.41, 5.74) is 0.942. The Hall–Kier alpha value is -5.96. The number of fused-ring (bicyclic) bond motifs is 3. The van der Waals surface area contributed by atoms with Crippen LogP contribution in [0.1, 0.15) is 208 Å². The molecule has 0 aliphatic carbocycles. The lowest BCUT2D eigenvalue weighted by Gasteiger charge is -2.31. The van der Waals surface area contributed by atoms with Crippen LogP contribution in [0.3, 0.4) is 0 Å². The summed E-state index contributed by atoms with van der Waals surface area (Å²) >= 11 is 32.9. The fourth-order valence-corrected chi connectivity index (χ4v) is 26.5. The van der Waals surface area contributed by atoms with Crippen LogP contribution < -0.4 is 10.6 Å². The molecule has 3 aromatic heterocycles. The molecule has 7 atom stereocenters. The number of aromatic hydroxyl groups is 2. The van der Waals surface area contributed by atoms with Gasteiger partial charge < -0.3 is 71.8 Å². The summed E-state index contributed by atoms with van der Waals surface area (Å²) in [7, 11) is -18.6. The van der Waals surface area contributed by atoms with Gasteiger partial charge in [0.15, 0.2) is 67.6 Å². The number of rotatable bonds is 21. The van der Waals surface area contributed by atoms with Crippen LogP contribution in [-0.2, 0) is 113 Å². The van der Waals surface area contributed by atoms with Crippen LogP contribution >= 0.6 is 69.8 Å². The number of thioether (sulfide) groups is 1. The van der Waals surface area contributed by atoms with E-state index in [0.29, 0.717) is 120 Å². The molecule has 0 spiro atoms. The molecule has 2 amide bonds. The Morgan fingerprint density at radius 2 is 0.743 bits per heavy atom. The lowest BCUT2D eigenvalue weighted by molar-refractivity contribution is -0.123. The van der Waals surface area contributed by atoms with Gasteiger partial charge >= 0.3 is 6.09 Å². The van der Waals surface area contributed by atoms with E-state index in [0.717, 1.165) is 97.6 Å². The zero-order valence-electron chi connectivity index (χ0n) is 83.8. The van der Waals surface area contributed by atoms with Gasteiger partial charge in [-0.15, -0.1) is 11.8 Å². The Bertz CT molecular complexity index is 6210. The first-order chi connectivity index (χ1) is 64.7. The van der Waals surface area contributed by atoms with Gasteiger partial charge in [-0.25, -0.2) is 53.4 Å². The van der Waals surface area contributed by atoms with Crippen LogP contribution in [-0.4, -0.2) is 228 Å². The van der Waals surface area contributed by atoms with Crippen LogP contribution in [0.15, 0.2) is 98.4 Å². The van der Waals surface area contributed by atoms with E-state index in [9.17, 15) is 61.9 Å². The molecule has 0 saturated carbocycles. The fourth-order valence-electron chi connectivity index (χ4n) is 15.4. The number of sulfone groups is 4. The largest absolute Gasteiger partial charge is 0.504 e. The van der Waals surface area contributed by atoms with Crippen molar-refractivity contribution in [2.45, 2.75) is 251 Å². The minimum Gasteiger partial charge on any atom is -0.504 e. The van der Waals surface area contributed by atoms with E-state index in [-0.39, 0.29) is 121 Å². The van der Waals surface area contributed by atoms with Crippen molar-refractivity contribution in [2.24, 2.45) is 46.8 Å². The molecule has 5 N–H and O–H groups in total. The second kappa shape index (κ2) is 47.5. The van der Waals surface area contributed by atoms with Crippen LogP contribution in [0.2, 0.25) is 25.1 Å². The van der Waals surface area contributed by atoms with Gasteiger partial charge in [0.05, 0.1) is 120 Å². The number of ether oxygens (including phenoxy) is 8. The predicted octanol–water partition coefficient (Wildman–Crippen LogP) is 20.5. The summed E-state index contributed by atoms with van der Waals surface area (Å²) in [5, 5.41) is 35.5. The number of benzene rings is 5. The van der Waals surface area contributed by atoms with Crippen molar-refractivity contribution < 1.29 is 122 Å². The molecule has 7 saturated heterocycles. The van der Waals surface area contributed by atoms with Gasteiger partial charge in [0.25, 0.3) is 10.1 Å². The molecule has 0 bridgehead atoms. The summed E-state index contributed by atoms with van der Waals surface area (Å²) in [6, 6.07) is 15.8. The quantitative estimate of drug-likeness (QED) is 0.0253. The molecular weight excluding hydrogens is 2040 g/mol. The third-order valence-corrected chi connectivity index (χ3v) is 38.7. The Kier molecular flexibility index (Phi) is 39.9. The number of aliphatic hydroxyl groups is 1. The average Bonchev–Trinajstić information content (AvgIpc) is 1.54. The molecule has 15 rings (SSSR count).